The highest BCUT2D eigenvalue weighted by Crippen LogP contribution is 2.32. The maximum Gasteiger partial charge on any atom is 0.246 e. The lowest BCUT2D eigenvalue weighted by atomic mass is 10.2. The topological polar surface area (TPSA) is 57.7 Å². The normalized spacial score (nSPS) is 21.9. The first-order valence-corrected chi connectivity index (χ1v) is 9.80. The van der Waals surface area contributed by atoms with Crippen LogP contribution >= 0.6 is 0 Å². The van der Waals surface area contributed by atoms with Crippen molar-refractivity contribution in [3.05, 3.63) is 29.6 Å². The second-order valence-corrected chi connectivity index (χ2v) is 8.61. The number of hydrogen-bond acceptors (Lipinski definition) is 3. The van der Waals surface area contributed by atoms with E-state index in [4.69, 9.17) is 0 Å². The number of hydrogen-bond donors (Lipinski definition) is 0. The van der Waals surface area contributed by atoms with Gasteiger partial charge in [-0.05, 0) is 50.3 Å². The zero-order chi connectivity index (χ0) is 17.5. The van der Waals surface area contributed by atoms with Crippen LogP contribution in [0.2, 0.25) is 0 Å². The molecule has 132 valence electrons. The standard InChI is InChI=1S/C17H23FN2O3S/c1-12-5-8-17(16(18)10-12)24(22,23)20-9-3-4-15(20)11-19(13(2)21)14-6-7-14/h5,8,10,14-15H,3-4,6-7,9,11H2,1-2H3. The summed E-state index contributed by atoms with van der Waals surface area (Å²) in [5.74, 6) is -0.741. The molecule has 2 fully saturated rings. The van der Waals surface area contributed by atoms with Crippen molar-refractivity contribution in [1.82, 2.24) is 9.21 Å². The first kappa shape index (κ1) is 17.4. The van der Waals surface area contributed by atoms with Gasteiger partial charge in [-0.15, -0.1) is 0 Å². The zero-order valence-corrected chi connectivity index (χ0v) is 14.9. The van der Waals surface area contributed by atoms with Crippen molar-refractivity contribution in [2.45, 2.75) is 56.5 Å². The van der Waals surface area contributed by atoms with Crippen LogP contribution in [-0.4, -0.2) is 48.7 Å². The SMILES string of the molecule is CC(=O)N(CC1CCCN1S(=O)(=O)c1ccc(C)cc1F)C1CC1. The minimum Gasteiger partial charge on any atom is -0.338 e. The molecule has 7 heteroatoms. The van der Waals surface area contributed by atoms with Gasteiger partial charge in [-0.25, -0.2) is 12.8 Å². The van der Waals surface area contributed by atoms with Crippen molar-refractivity contribution in [2.75, 3.05) is 13.1 Å². The number of carbonyl (C=O) groups is 1. The van der Waals surface area contributed by atoms with Crippen molar-refractivity contribution in [2.24, 2.45) is 0 Å². The lowest BCUT2D eigenvalue weighted by Crippen LogP contribution is -2.45. The van der Waals surface area contributed by atoms with Gasteiger partial charge in [-0.2, -0.15) is 4.31 Å². The lowest BCUT2D eigenvalue weighted by molar-refractivity contribution is -0.129. The Balaban J connectivity index is 1.84. The monoisotopic (exact) mass is 354 g/mol. The van der Waals surface area contributed by atoms with Gasteiger partial charge in [0.05, 0.1) is 0 Å². The summed E-state index contributed by atoms with van der Waals surface area (Å²) in [6.07, 6.45) is 3.38. The Morgan fingerprint density at radius 2 is 2.04 bits per heavy atom. The van der Waals surface area contributed by atoms with Crippen LogP contribution in [0.15, 0.2) is 23.1 Å². The van der Waals surface area contributed by atoms with Crippen LogP contribution in [0.5, 0.6) is 0 Å². The molecule has 0 N–H and O–H groups in total. The van der Waals surface area contributed by atoms with E-state index in [0.717, 1.165) is 19.3 Å². The fourth-order valence-electron chi connectivity index (χ4n) is 3.40. The minimum atomic E-state index is -3.89. The Morgan fingerprint density at radius 3 is 2.62 bits per heavy atom. The molecule has 3 rings (SSSR count). The molecule has 0 aromatic heterocycles. The van der Waals surface area contributed by atoms with Crippen LogP contribution in [0.3, 0.4) is 0 Å². The quantitative estimate of drug-likeness (QED) is 0.815. The molecule has 1 atom stereocenters. The van der Waals surface area contributed by atoms with Gasteiger partial charge >= 0.3 is 0 Å². The van der Waals surface area contributed by atoms with Gasteiger partial charge in [-0.1, -0.05) is 6.07 Å². The van der Waals surface area contributed by atoms with E-state index in [0.29, 0.717) is 25.1 Å². The molecule has 2 aliphatic rings. The molecule has 1 saturated carbocycles. The number of rotatable bonds is 5. The van der Waals surface area contributed by atoms with Gasteiger partial charge < -0.3 is 4.90 Å². The van der Waals surface area contributed by atoms with Gasteiger partial charge in [0.25, 0.3) is 0 Å². The fourth-order valence-corrected chi connectivity index (χ4v) is 5.13. The molecule has 1 saturated heterocycles. The summed E-state index contributed by atoms with van der Waals surface area (Å²) >= 11 is 0. The number of nitrogens with zero attached hydrogens (tertiary/aromatic N) is 2. The average Bonchev–Trinajstić information content (AvgIpc) is 3.21. The summed E-state index contributed by atoms with van der Waals surface area (Å²) in [6.45, 7) is 4.01. The molecule has 1 aliphatic heterocycles. The molecule has 1 amide bonds. The van der Waals surface area contributed by atoms with Crippen molar-refractivity contribution >= 4 is 15.9 Å². The van der Waals surface area contributed by atoms with Crippen LogP contribution < -0.4 is 0 Å². The molecule has 1 heterocycles. The summed E-state index contributed by atoms with van der Waals surface area (Å²) in [5.41, 5.74) is 0.681. The molecule has 0 radical (unpaired) electrons. The third kappa shape index (κ3) is 3.32. The summed E-state index contributed by atoms with van der Waals surface area (Å²) < 4.78 is 41.4. The van der Waals surface area contributed by atoms with Crippen LogP contribution in [0.4, 0.5) is 4.39 Å². The highest BCUT2D eigenvalue weighted by Gasteiger charge is 2.40. The smallest absolute Gasteiger partial charge is 0.246 e. The number of halogens is 1. The Kier molecular flexibility index (Phi) is 4.66. The van der Waals surface area contributed by atoms with Crippen molar-refractivity contribution < 1.29 is 17.6 Å². The summed E-state index contributed by atoms with van der Waals surface area (Å²) in [7, 11) is -3.89. The number of aryl methyl sites for hydroxylation is 1. The van der Waals surface area contributed by atoms with E-state index in [1.54, 1.807) is 17.9 Å². The van der Waals surface area contributed by atoms with E-state index in [1.165, 1.54) is 23.4 Å². The summed E-state index contributed by atoms with van der Waals surface area (Å²) in [5, 5.41) is 0. The molecule has 1 aromatic rings. The Morgan fingerprint density at radius 1 is 1.33 bits per heavy atom. The molecule has 1 unspecified atom stereocenters. The largest absolute Gasteiger partial charge is 0.338 e. The predicted molar refractivity (Wildman–Crippen MR) is 88.5 cm³/mol. The van der Waals surface area contributed by atoms with Gasteiger partial charge in [0.2, 0.25) is 15.9 Å². The molecule has 5 nitrogen and oxygen atoms in total. The van der Waals surface area contributed by atoms with E-state index in [2.05, 4.69) is 0 Å². The van der Waals surface area contributed by atoms with E-state index < -0.39 is 15.8 Å². The van der Waals surface area contributed by atoms with E-state index >= 15 is 0 Å². The van der Waals surface area contributed by atoms with E-state index in [-0.39, 0.29) is 22.9 Å². The maximum absolute atomic E-state index is 14.2. The first-order chi connectivity index (χ1) is 11.3. The Hall–Kier alpha value is -1.47. The van der Waals surface area contributed by atoms with Crippen LogP contribution in [-0.2, 0) is 14.8 Å². The Labute approximate surface area is 142 Å². The second kappa shape index (κ2) is 6.44. The number of benzene rings is 1. The van der Waals surface area contributed by atoms with Crippen LogP contribution in [0, 0.1) is 12.7 Å². The average molecular weight is 354 g/mol. The molecular weight excluding hydrogens is 331 g/mol. The third-order valence-electron chi connectivity index (χ3n) is 4.80. The number of carbonyl (C=O) groups excluding carboxylic acids is 1. The van der Waals surface area contributed by atoms with Crippen LogP contribution in [0.25, 0.3) is 0 Å². The van der Waals surface area contributed by atoms with Gasteiger partial charge in [0, 0.05) is 32.1 Å². The molecule has 0 bridgehead atoms. The summed E-state index contributed by atoms with van der Waals surface area (Å²) in [4.78, 5) is 13.3. The summed E-state index contributed by atoms with van der Waals surface area (Å²) in [6, 6.07) is 4.14. The molecule has 0 spiro atoms. The fraction of sp³-hybridized carbons (Fsp3) is 0.588. The predicted octanol–water partition coefficient (Wildman–Crippen LogP) is 2.30. The van der Waals surface area contributed by atoms with Crippen molar-refractivity contribution in [3.63, 3.8) is 0 Å². The highest BCUT2D eigenvalue weighted by atomic mass is 32.2. The molecule has 24 heavy (non-hydrogen) atoms. The van der Waals surface area contributed by atoms with E-state index in [1.807, 2.05) is 0 Å². The van der Waals surface area contributed by atoms with E-state index in [9.17, 15) is 17.6 Å². The molecule has 1 aliphatic carbocycles. The lowest BCUT2D eigenvalue weighted by Gasteiger charge is -2.30. The zero-order valence-electron chi connectivity index (χ0n) is 14.0. The number of sulfonamides is 1. The molecule has 1 aromatic carbocycles. The Bertz CT molecular complexity index is 746. The molecular formula is C17H23FN2O3S. The minimum absolute atomic E-state index is 0.0248. The highest BCUT2D eigenvalue weighted by molar-refractivity contribution is 7.89. The second-order valence-electron chi connectivity index (χ2n) is 6.75. The van der Waals surface area contributed by atoms with Crippen LogP contribution in [0.1, 0.15) is 38.2 Å². The maximum atomic E-state index is 14.2. The first-order valence-electron chi connectivity index (χ1n) is 8.36. The van der Waals surface area contributed by atoms with Crippen molar-refractivity contribution in [3.8, 4) is 0 Å². The van der Waals surface area contributed by atoms with Gasteiger partial charge in [-0.3, -0.25) is 4.79 Å². The van der Waals surface area contributed by atoms with Crippen molar-refractivity contribution in [1.29, 1.82) is 0 Å². The van der Waals surface area contributed by atoms with Gasteiger partial charge in [0.1, 0.15) is 10.7 Å². The number of amides is 1. The third-order valence-corrected chi connectivity index (χ3v) is 6.78. The van der Waals surface area contributed by atoms with Gasteiger partial charge in [0.15, 0.2) is 0 Å².